The summed E-state index contributed by atoms with van der Waals surface area (Å²) in [6.07, 6.45) is 4.80. The van der Waals surface area contributed by atoms with Gasteiger partial charge in [-0.2, -0.15) is 5.10 Å². The Morgan fingerprint density at radius 3 is 2.71 bits per heavy atom. The number of nitrogens with one attached hydrogen (secondary N) is 2. The largest absolute Gasteiger partial charge is 0.307 e. The van der Waals surface area contributed by atoms with Gasteiger partial charge in [0.25, 0.3) is 0 Å². The van der Waals surface area contributed by atoms with E-state index in [1.54, 1.807) is 18.3 Å². The van der Waals surface area contributed by atoms with Crippen LogP contribution in [0.3, 0.4) is 0 Å². The van der Waals surface area contributed by atoms with Crippen LogP contribution in [0.15, 0.2) is 47.1 Å². The number of aromatic nitrogens is 2. The molecule has 0 aliphatic rings. The molecule has 0 radical (unpaired) electrons. The van der Waals surface area contributed by atoms with E-state index < -0.39 is 0 Å². The van der Waals surface area contributed by atoms with Gasteiger partial charge >= 0.3 is 0 Å². The van der Waals surface area contributed by atoms with E-state index in [-0.39, 0.29) is 5.91 Å². The molecular formula is C12H10BrN3O. The highest BCUT2D eigenvalue weighted by molar-refractivity contribution is 9.10. The Morgan fingerprint density at radius 2 is 2.06 bits per heavy atom. The fraction of sp³-hybridized carbons (Fsp3) is 0. The molecule has 2 aromatic rings. The highest BCUT2D eigenvalue weighted by Crippen LogP contribution is 2.11. The normalized spacial score (nSPS) is 10.6. The van der Waals surface area contributed by atoms with Gasteiger partial charge in [0, 0.05) is 16.6 Å². The number of benzene rings is 1. The van der Waals surface area contributed by atoms with E-state index in [1.165, 1.54) is 6.08 Å². The summed E-state index contributed by atoms with van der Waals surface area (Å²) >= 11 is 3.35. The average molecular weight is 292 g/mol. The number of halogens is 1. The minimum atomic E-state index is -0.197. The average Bonchev–Trinajstić information content (AvgIpc) is 2.81. The second-order valence-electron chi connectivity index (χ2n) is 3.34. The predicted molar refractivity (Wildman–Crippen MR) is 70.4 cm³/mol. The number of rotatable bonds is 3. The molecule has 86 valence electrons. The molecule has 0 atom stereocenters. The molecule has 5 heteroatoms. The fourth-order valence-corrected chi connectivity index (χ4v) is 1.51. The van der Waals surface area contributed by atoms with Crippen LogP contribution >= 0.6 is 15.9 Å². The lowest BCUT2D eigenvalue weighted by molar-refractivity contribution is -0.111. The van der Waals surface area contributed by atoms with E-state index >= 15 is 0 Å². The molecular weight excluding hydrogens is 282 g/mol. The molecule has 2 rings (SSSR count). The number of nitrogens with zero attached hydrogens (tertiary/aromatic N) is 1. The topological polar surface area (TPSA) is 57.8 Å². The van der Waals surface area contributed by atoms with Crippen molar-refractivity contribution in [2.45, 2.75) is 0 Å². The van der Waals surface area contributed by atoms with E-state index in [0.29, 0.717) is 5.82 Å². The van der Waals surface area contributed by atoms with Crippen LogP contribution in [-0.4, -0.2) is 16.1 Å². The molecule has 0 saturated heterocycles. The van der Waals surface area contributed by atoms with Gasteiger partial charge in [-0.1, -0.05) is 28.1 Å². The van der Waals surface area contributed by atoms with Crippen molar-refractivity contribution in [2.75, 3.05) is 5.32 Å². The van der Waals surface area contributed by atoms with Crippen molar-refractivity contribution in [3.63, 3.8) is 0 Å². The standard InChI is InChI=1S/C12H10BrN3O/c13-10-4-1-9(2-5-10)3-6-12(17)15-11-7-8-14-16-11/h1-8H,(H2,14,15,16,17). The van der Waals surface area contributed by atoms with E-state index in [9.17, 15) is 4.79 Å². The highest BCUT2D eigenvalue weighted by atomic mass is 79.9. The first-order valence-electron chi connectivity index (χ1n) is 4.98. The number of carbonyl (C=O) groups is 1. The molecule has 0 unspecified atom stereocenters. The summed E-state index contributed by atoms with van der Waals surface area (Å²) in [5.41, 5.74) is 0.966. The van der Waals surface area contributed by atoms with Crippen LogP contribution in [0.4, 0.5) is 5.82 Å². The van der Waals surface area contributed by atoms with Gasteiger partial charge in [-0.25, -0.2) is 0 Å². The molecule has 0 bridgehead atoms. The maximum Gasteiger partial charge on any atom is 0.249 e. The third kappa shape index (κ3) is 3.57. The highest BCUT2D eigenvalue weighted by Gasteiger charge is 1.97. The summed E-state index contributed by atoms with van der Waals surface area (Å²) in [6.45, 7) is 0. The van der Waals surface area contributed by atoms with E-state index in [1.807, 2.05) is 24.3 Å². The first-order chi connectivity index (χ1) is 8.24. The smallest absolute Gasteiger partial charge is 0.249 e. The number of aromatic amines is 1. The summed E-state index contributed by atoms with van der Waals surface area (Å²) in [6, 6.07) is 9.37. The quantitative estimate of drug-likeness (QED) is 0.855. The number of hydrogen-bond donors (Lipinski definition) is 2. The van der Waals surface area contributed by atoms with Crippen molar-refractivity contribution >= 4 is 33.7 Å². The van der Waals surface area contributed by atoms with Crippen molar-refractivity contribution in [1.29, 1.82) is 0 Å². The molecule has 2 N–H and O–H groups in total. The van der Waals surface area contributed by atoms with Gasteiger partial charge in [0.15, 0.2) is 0 Å². The second kappa shape index (κ2) is 5.45. The van der Waals surface area contributed by atoms with Crippen molar-refractivity contribution in [3.05, 3.63) is 52.6 Å². The molecule has 1 aromatic carbocycles. The Labute approximate surface area is 107 Å². The molecule has 1 aromatic heterocycles. The zero-order valence-electron chi connectivity index (χ0n) is 8.85. The molecule has 0 aliphatic carbocycles. The molecule has 0 fully saturated rings. The lowest BCUT2D eigenvalue weighted by Crippen LogP contribution is -2.07. The zero-order valence-corrected chi connectivity index (χ0v) is 10.4. The van der Waals surface area contributed by atoms with Crippen LogP contribution in [0.2, 0.25) is 0 Å². The number of carbonyl (C=O) groups excluding carboxylic acids is 1. The Morgan fingerprint density at radius 1 is 1.29 bits per heavy atom. The van der Waals surface area contributed by atoms with Gasteiger partial charge in [-0.3, -0.25) is 9.89 Å². The Bertz CT molecular complexity index is 517. The van der Waals surface area contributed by atoms with Crippen molar-refractivity contribution in [1.82, 2.24) is 10.2 Å². The van der Waals surface area contributed by atoms with Crippen LogP contribution in [0.1, 0.15) is 5.56 Å². The minimum absolute atomic E-state index is 0.197. The predicted octanol–water partition coefficient (Wildman–Crippen LogP) is 2.82. The fourth-order valence-electron chi connectivity index (χ4n) is 1.25. The number of amides is 1. The third-order valence-corrected chi connectivity index (χ3v) is 2.58. The third-order valence-electron chi connectivity index (χ3n) is 2.06. The summed E-state index contributed by atoms with van der Waals surface area (Å²) in [4.78, 5) is 11.5. The van der Waals surface area contributed by atoms with Crippen LogP contribution in [-0.2, 0) is 4.79 Å². The lowest BCUT2D eigenvalue weighted by atomic mass is 10.2. The summed E-state index contributed by atoms with van der Waals surface area (Å²) in [7, 11) is 0. The molecule has 1 heterocycles. The Kier molecular flexibility index (Phi) is 3.72. The first kappa shape index (κ1) is 11.6. The van der Waals surface area contributed by atoms with Crippen LogP contribution in [0.25, 0.3) is 6.08 Å². The van der Waals surface area contributed by atoms with Gasteiger partial charge in [0.2, 0.25) is 5.91 Å². The van der Waals surface area contributed by atoms with Gasteiger partial charge in [0.05, 0.1) is 6.20 Å². The Balaban J connectivity index is 1.96. The van der Waals surface area contributed by atoms with Crippen LogP contribution in [0, 0.1) is 0 Å². The maximum absolute atomic E-state index is 11.5. The van der Waals surface area contributed by atoms with E-state index in [2.05, 4.69) is 31.4 Å². The van der Waals surface area contributed by atoms with Crippen LogP contribution in [0.5, 0.6) is 0 Å². The molecule has 0 spiro atoms. The van der Waals surface area contributed by atoms with Crippen molar-refractivity contribution < 1.29 is 4.79 Å². The van der Waals surface area contributed by atoms with Gasteiger partial charge in [0.1, 0.15) is 5.82 Å². The molecule has 17 heavy (non-hydrogen) atoms. The second-order valence-corrected chi connectivity index (χ2v) is 4.26. The Hall–Kier alpha value is -1.88. The van der Waals surface area contributed by atoms with E-state index in [4.69, 9.17) is 0 Å². The van der Waals surface area contributed by atoms with Gasteiger partial charge < -0.3 is 5.32 Å². The summed E-state index contributed by atoms with van der Waals surface area (Å²) < 4.78 is 1.01. The molecule has 0 saturated carbocycles. The van der Waals surface area contributed by atoms with Crippen molar-refractivity contribution in [3.8, 4) is 0 Å². The number of H-pyrrole nitrogens is 1. The molecule has 1 amide bonds. The first-order valence-corrected chi connectivity index (χ1v) is 5.77. The minimum Gasteiger partial charge on any atom is -0.307 e. The van der Waals surface area contributed by atoms with Gasteiger partial charge in [-0.05, 0) is 23.8 Å². The monoisotopic (exact) mass is 291 g/mol. The number of anilines is 1. The number of hydrogen-bond acceptors (Lipinski definition) is 2. The maximum atomic E-state index is 11.5. The summed E-state index contributed by atoms with van der Waals surface area (Å²) in [5.74, 6) is 0.382. The summed E-state index contributed by atoms with van der Waals surface area (Å²) in [5, 5.41) is 9.04. The molecule has 0 aliphatic heterocycles. The van der Waals surface area contributed by atoms with Crippen molar-refractivity contribution in [2.24, 2.45) is 0 Å². The SMILES string of the molecule is O=C(C=Cc1ccc(Br)cc1)Nc1ccn[nH]1. The zero-order chi connectivity index (χ0) is 12.1. The lowest BCUT2D eigenvalue weighted by Gasteiger charge is -1.97. The van der Waals surface area contributed by atoms with Crippen LogP contribution < -0.4 is 5.32 Å². The van der Waals surface area contributed by atoms with E-state index in [0.717, 1.165) is 10.0 Å². The molecule has 4 nitrogen and oxygen atoms in total. The van der Waals surface area contributed by atoms with Gasteiger partial charge in [-0.15, -0.1) is 0 Å².